The van der Waals surface area contributed by atoms with E-state index in [-0.39, 0.29) is 12.3 Å². The Balaban J connectivity index is 2.76. The van der Waals surface area contributed by atoms with Crippen LogP contribution in [0.1, 0.15) is 12.0 Å². The van der Waals surface area contributed by atoms with E-state index in [9.17, 15) is 4.79 Å². The molecule has 74 valence electrons. The van der Waals surface area contributed by atoms with E-state index in [1.165, 1.54) is 0 Å². The summed E-state index contributed by atoms with van der Waals surface area (Å²) in [5, 5.41) is 0.639. The highest BCUT2D eigenvalue weighted by Crippen LogP contribution is 2.22. The Kier molecular flexibility index (Phi) is 4.17. The number of hydrogen-bond acceptors (Lipinski definition) is 1. The van der Waals surface area contributed by atoms with E-state index in [2.05, 4.69) is 15.9 Å². The first-order chi connectivity index (χ1) is 6.59. The highest BCUT2D eigenvalue weighted by molar-refractivity contribution is 9.10. The van der Waals surface area contributed by atoms with Crippen molar-refractivity contribution in [2.45, 2.75) is 6.42 Å². The number of amides is 1. The summed E-state index contributed by atoms with van der Waals surface area (Å²) in [7, 11) is 0. The van der Waals surface area contributed by atoms with Crippen LogP contribution in [0, 0.1) is 0 Å². The summed E-state index contributed by atoms with van der Waals surface area (Å²) in [5.41, 5.74) is 5.86. The molecule has 0 heterocycles. The number of carbonyl (C=O) groups is 1. The molecule has 0 saturated heterocycles. The summed E-state index contributed by atoms with van der Waals surface area (Å²) in [6.45, 7) is 0. The molecule has 2 N–H and O–H groups in total. The molecule has 0 fully saturated rings. The van der Waals surface area contributed by atoms with E-state index in [0.717, 1.165) is 10.0 Å². The van der Waals surface area contributed by atoms with Crippen LogP contribution in [0.4, 0.5) is 0 Å². The molecule has 1 rings (SSSR count). The van der Waals surface area contributed by atoms with Crippen molar-refractivity contribution in [3.63, 3.8) is 0 Å². The molecule has 4 heteroatoms. The van der Waals surface area contributed by atoms with Crippen molar-refractivity contribution in [2.24, 2.45) is 5.73 Å². The third-order valence-corrected chi connectivity index (χ3v) is 2.40. The van der Waals surface area contributed by atoms with Crippen molar-refractivity contribution in [3.05, 3.63) is 39.3 Å². The van der Waals surface area contributed by atoms with Crippen LogP contribution in [-0.2, 0) is 4.79 Å². The lowest BCUT2D eigenvalue weighted by Crippen LogP contribution is -2.07. The summed E-state index contributed by atoms with van der Waals surface area (Å²) in [6.07, 6.45) is 3.70. The Morgan fingerprint density at radius 3 is 2.86 bits per heavy atom. The lowest BCUT2D eigenvalue weighted by atomic mass is 10.2. The van der Waals surface area contributed by atoms with E-state index >= 15 is 0 Å². The maximum Gasteiger partial charge on any atom is 0.221 e. The van der Waals surface area contributed by atoms with Crippen LogP contribution in [0.15, 0.2) is 28.7 Å². The molecule has 1 aromatic rings. The smallest absolute Gasteiger partial charge is 0.221 e. The van der Waals surface area contributed by atoms with Gasteiger partial charge in [0.25, 0.3) is 0 Å². The standard InChI is InChI=1S/C10H9BrClNO/c11-8-5-4-7(9(12)6-8)2-1-3-10(13)14/h1-2,4-6H,3H2,(H2,13,14). The van der Waals surface area contributed by atoms with Crippen molar-refractivity contribution >= 4 is 39.5 Å². The first kappa shape index (κ1) is 11.3. The summed E-state index contributed by atoms with van der Waals surface area (Å²) in [6, 6.07) is 5.55. The van der Waals surface area contributed by atoms with Crippen LogP contribution in [0.5, 0.6) is 0 Å². The highest BCUT2D eigenvalue weighted by Gasteiger charge is 1.96. The van der Waals surface area contributed by atoms with Crippen LogP contribution >= 0.6 is 27.5 Å². The lowest BCUT2D eigenvalue weighted by molar-refractivity contribution is -0.117. The van der Waals surface area contributed by atoms with Crippen molar-refractivity contribution in [1.29, 1.82) is 0 Å². The van der Waals surface area contributed by atoms with Gasteiger partial charge in [0.15, 0.2) is 0 Å². The van der Waals surface area contributed by atoms with Gasteiger partial charge in [0.2, 0.25) is 5.91 Å². The van der Waals surface area contributed by atoms with Crippen molar-refractivity contribution in [1.82, 2.24) is 0 Å². The van der Waals surface area contributed by atoms with Gasteiger partial charge in [-0.2, -0.15) is 0 Å². The van der Waals surface area contributed by atoms with Crippen molar-refractivity contribution in [2.75, 3.05) is 0 Å². The first-order valence-electron chi connectivity index (χ1n) is 3.99. The SMILES string of the molecule is NC(=O)CC=Cc1ccc(Br)cc1Cl. The molecule has 1 aromatic carbocycles. The maximum atomic E-state index is 10.5. The van der Waals surface area contributed by atoms with E-state index in [0.29, 0.717) is 5.02 Å². The minimum atomic E-state index is -0.352. The number of rotatable bonds is 3. The van der Waals surface area contributed by atoms with Gasteiger partial charge in [0.05, 0.1) is 0 Å². The molecular formula is C10H9BrClNO. The third-order valence-electron chi connectivity index (χ3n) is 1.58. The lowest BCUT2D eigenvalue weighted by Gasteiger charge is -1.98. The number of halogens is 2. The molecule has 14 heavy (non-hydrogen) atoms. The van der Waals surface area contributed by atoms with Gasteiger partial charge in [-0.25, -0.2) is 0 Å². The summed E-state index contributed by atoms with van der Waals surface area (Å²) in [4.78, 5) is 10.5. The molecule has 0 aliphatic carbocycles. The molecule has 1 amide bonds. The predicted octanol–water partition coefficient (Wildman–Crippen LogP) is 2.99. The molecule has 0 atom stereocenters. The average molecular weight is 275 g/mol. The Bertz CT molecular complexity index is 376. The van der Waals surface area contributed by atoms with Crippen molar-refractivity contribution < 1.29 is 4.79 Å². The Hall–Kier alpha value is -0.800. The predicted molar refractivity (Wildman–Crippen MR) is 62.0 cm³/mol. The van der Waals surface area contributed by atoms with Gasteiger partial charge in [-0.05, 0) is 17.7 Å². The van der Waals surface area contributed by atoms with Crippen LogP contribution < -0.4 is 5.73 Å². The van der Waals surface area contributed by atoms with E-state index < -0.39 is 0 Å². The number of benzene rings is 1. The van der Waals surface area contributed by atoms with E-state index in [1.54, 1.807) is 18.2 Å². The molecule has 0 radical (unpaired) electrons. The zero-order valence-electron chi connectivity index (χ0n) is 7.34. The number of nitrogens with two attached hydrogens (primary N) is 1. The summed E-state index contributed by atoms with van der Waals surface area (Å²) >= 11 is 9.25. The topological polar surface area (TPSA) is 43.1 Å². The Labute approximate surface area is 95.9 Å². The zero-order chi connectivity index (χ0) is 10.6. The molecule has 0 saturated carbocycles. The van der Waals surface area contributed by atoms with Crippen molar-refractivity contribution in [3.8, 4) is 0 Å². The van der Waals surface area contributed by atoms with Crippen LogP contribution in [0.3, 0.4) is 0 Å². The Morgan fingerprint density at radius 2 is 2.29 bits per heavy atom. The molecular weight excluding hydrogens is 265 g/mol. The third kappa shape index (κ3) is 3.52. The normalized spacial score (nSPS) is 10.7. The minimum Gasteiger partial charge on any atom is -0.369 e. The fourth-order valence-corrected chi connectivity index (χ4v) is 1.68. The fourth-order valence-electron chi connectivity index (χ4n) is 0.939. The summed E-state index contributed by atoms with van der Waals surface area (Å²) < 4.78 is 0.926. The Morgan fingerprint density at radius 1 is 1.57 bits per heavy atom. The number of hydrogen-bond donors (Lipinski definition) is 1. The van der Waals surface area contributed by atoms with Gasteiger partial charge in [0, 0.05) is 15.9 Å². The fraction of sp³-hybridized carbons (Fsp3) is 0.100. The van der Waals surface area contributed by atoms with E-state index in [4.69, 9.17) is 17.3 Å². The second kappa shape index (κ2) is 5.17. The minimum absolute atomic E-state index is 0.229. The van der Waals surface area contributed by atoms with Crippen LogP contribution in [-0.4, -0.2) is 5.91 Å². The van der Waals surface area contributed by atoms with Crippen LogP contribution in [0.25, 0.3) is 6.08 Å². The largest absolute Gasteiger partial charge is 0.369 e. The monoisotopic (exact) mass is 273 g/mol. The second-order valence-corrected chi connectivity index (χ2v) is 4.06. The summed E-state index contributed by atoms with van der Waals surface area (Å²) in [5.74, 6) is -0.352. The first-order valence-corrected chi connectivity index (χ1v) is 5.16. The van der Waals surface area contributed by atoms with Crippen LogP contribution in [0.2, 0.25) is 5.02 Å². The number of carbonyl (C=O) groups excluding carboxylic acids is 1. The van der Waals surface area contributed by atoms with Gasteiger partial charge < -0.3 is 5.73 Å². The van der Waals surface area contributed by atoms with Gasteiger partial charge >= 0.3 is 0 Å². The highest BCUT2D eigenvalue weighted by atomic mass is 79.9. The molecule has 2 nitrogen and oxygen atoms in total. The molecule has 0 bridgehead atoms. The van der Waals surface area contributed by atoms with Gasteiger partial charge in [0.1, 0.15) is 0 Å². The molecule has 0 aliphatic heterocycles. The number of primary amides is 1. The van der Waals surface area contributed by atoms with E-state index in [1.807, 2.05) is 12.1 Å². The zero-order valence-corrected chi connectivity index (χ0v) is 9.68. The second-order valence-electron chi connectivity index (χ2n) is 2.74. The maximum absolute atomic E-state index is 10.5. The molecule has 0 unspecified atom stereocenters. The quantitative estimate of drug-likeness (QED) is 0.904. The van der Waals surface area contributed by atoms with Gasteiger partial charge in [-0.1, -0.05) is 45.7 Å². The average Bonchev–Trinajstić information content (AvgIpc) is 2.08. The molecule has 0 aliphatic rings. The molecule has 0 spiro atoms. The van der Waals surface area contributed by atoms with Gasteiger partial charge in [-0.15, -0.1) is 0 Å². The van der Waals surface area contributed by atoms with Gasteiger partial charge in [-0.3, -0.25) is 4.79 Å². The molecule has 0 aromatic heterocycles.